The molecule has 0 saturated carbocycles. The second kappa shape index (κ2) is 7.43. The van der Waals surface area contributed by atoms with Gasteiger partial charge in [0.2, 0.25) is 0 Å². The normalized spacial score (nSPS) is 10.5. The molecule has 0 aliphatic heterocycles. The van der Waals surface area contributed by atoms with Crippen LogP contribution in [0.15, 0.2) is 40.9 Å². The van der Waals surface area contributed by atoms with Gasteiger partial charge in [0.05, 0.1) is 14.2 Å². The highest BCUT2D eigenvalue weighted by molar-refractivity contribution is 9.10. The van der Waals surface area contributed by atoms with E-state index in [2.05, 4.69) is 21.2 Å². The monoisotopic (exact) mass is 353 g/mol. The fourth-order valence-corrected chi connectivity index (χ4v) is 2.40. The Morgan fingerprint density at radius 3 is 2.48 bits per heavy atom. The molecule has 2 aromatic rings. The van der Waals surface area contributed by atoms with E-state index in [1.165, 1.54) is 12.1 Å². The van der Waals surface area contributed by atoms with E-state index >= 15 is 0 Å². The van der Waals surface area contributed by atoms with Crippen molar-refractivity contribution in [1.82, 2.24) is 5.32 Å². The van der Waals surface area contributed by atoms with Gasteiger partial charge in [0.15, 0.2) is 0 Å². The summed E-state index contributed by atoms with van der Waals surface area (Å²) in [5.74, 6) is 1.28. The third-order valence-corrected chi connectivity index (χ3v) is 3.91. The van der Waals surface area contributed by atoms with Gasteiger partial charge in [-0.05, 0) is 29.8 Å². The molecule has 0 amide bonds. The van der Waals surface area contributed by atoms with Gasteiger partial charge in [-0.2, -0.15) is 0 Å². The molecule has 0 bridgehead atoms. The molecule has 1 N–H and O–H groups in total. The fourth-order valence-electron chi connectivity index (χ4n) is 2.01. The average molecular weight is 354 g/mol. The highest BCUT2D eigenvalue weighted by atomic mass is 79.9. The number of ether oxygens (including phenoxy) is 2. The number of halogens is 2. The minimum atomic E-state index is -0.239. The number of hydrogen-bond donors (Lipinski definition) is 1. The third-order valence-electron chi connectivity index (χ3n) is 3.13. The molecule has 0 atom stereocenters. The van der Waals surface area contributed by atoms with Crippen molar-refractivity contribution in [2.45, 2.75) is 13.1 Å². The summed E-state index contributed by atoms with van der Waals surface area (Å²) in [7, 11) is 3.25. The van der Waals surface area contributed by atoms with Crippen molar-refractivity contribution in [3.63, 3.8) is 0 Å². The van der Waals surface area contributed by atoms with E-state index in [1.807, 2.05) is 18.2 Å². The first-order valence-electron chi connectivity index (χ1n) is 6.49. The van der Waals surface area contributed by atoms with Crippen LogP contribution in [0.1, 0.15) is 11.1 Å². The summed E-state index contributed by atoms with van der Waals surface area (Å²) in [5, 5.41) is 3.28. The average Bonchev–Trinajstić information content (AvgIpc) is 2.50. The van der Waals surface area contributed by atoms with Gasteiger partial charge in [0, 0.05) is 29.2 Å². The quantitative estimate of drug-likeness (QED) is 0.854. The van der Waals surface area contributed by atoms with E-state index < -0.39 is 0 Å². The van der Waals surface area contributed by atoms with Gasteiger partial charge in [-0.15, -0.1) is 0 Å². The maximum atomic E-state index is 13.2. The second-order valence-electron chi connectivity index (χ2n) is 4.52. The molecule has 3 nitrogen and oxygen atoms in total. The lowest BCUT2D eigenvalue weighted by atomic mass is 10.1. The van der Waals surface area contributed by atoms with Crippen LogP contribution >= 0.6 is 15.9 Å². The summed E-state index contributed by atoms with van der Waals surface area (Å²) in [5.41, 5.74) is 1.90. The number of nitrogens with one attached hydrogen (secondary N) is 1. The van der Waals surface area contributed by atoms with E-state index in [-0.39, 0.29) is 5.82 Å². The van der Waals surface area contributed by atoms with Crippen LogP contribution in [-0.2, 0) is 13.1 Å². The number of hydrogen-bond acceptors (Lipinski definition) is 3. The van der Waals surface area contributed by atoms with Gasteiger partial charge in [0.25, 0.3) is 0 Å². The first-order chi connectivity index (χ1) is 10.1. The van der Waals surface area contributed by atoms with Crippen LogP contribution in [0.3, 0.4) is 0 Å². The van der Waals surface area contributed by atoms with E-state index in [0.29, 0.717) is 13.1 Å². The molecule has 0 heterocycles. The second-order valence-corrected chi connectivity index (χ2v) is 5.37. The summed E-state index contributed by atoms with van der Waals surface area (Å²) in [6.07, 6.45) is 0. The first kappa shape index (κ1) is 15.8. The zero-order valence-corrected chi connectivity index (χ0v) is 13.5. The summed E-state index contributed by atoms with van der Waals surface area (Å²) < 4.78 is 24.6. The fraction of sp³-hybridized carbons (Fsp3) is 0.250. The van der Waals surface area contributed by atoms with E-state index in [4.69, 9.17) is 9.47 Å². The largest absolute Gasteiger partial charge is 0.497 e. The maximum Gasteiger partial charge on any atom is 0.127 e. The van der Waals surface area contributed by atoms with Crippen molar-refractivity contribution < 1.29 is 13.9 Å². The van der Waals surface area contributed by atoms with Crippen LogP contribution < -0.4 is 14.8 Å². The molecule has 0 unspecified atom stereocenters. The summed E-state index contributed by atoms with van der Waals surface area (Å²) in [6.45, 7) is 1.18. The zero-order valence-electron chi connectivity index (χ0n) is 12.0. The Morgan fingerprint density at radius 1 is 1.00 bits per heavy atom. The van der Waals surface area contributed by atoms with E-state index in [0.717, 1.165) is 27.1 Å². The smallest absolute Gasteiger partial charge is 0.127 e. The molecular formula is C16H17BrFNO2. The molecule has 0 fully saturated rings. The first-order valence-corrected chi connectivity index (χ1v) is 7.29. The molecule has 112 valence electrons. The summed E-state index contributed by atoms with van der Waals surface area (Å²) in [6, 6.07) is 10.3. The van der Waals surface area contributed by atoms with Crippen LogP contribution in [0, 0.1) is 5.82 Å². The number of methoxy groups -OCH3 is 2. The SMILES string of the molecule is COc1ccc(CNCc2cc(F)ccc2Br)c(OC)c1. The molecule has 21 heavy (non-hydrogen) atoms. The lowest BCUT2D eigenvalue weighted by Gasteiger charge is -2.12. The van der Waals surface area contributed by atoms with Crippen LogP contribution in [0.2, 0.25) is 0 Å². The van der Waals surface area contributed by atoms with Crippen molar-refractivity contribution >= 4 is 15.9 Å². The standard InChI is InChI=1S/C16H17BrFNO2/c1-20-14-5-3-11(16(8-14)21-2)9-19-10-12-7-13(18)4-6-15(12)17/h3-8,19H,9-10H2,1-2H3. The highest BCUT2D eigenvalue weighted by Crippen LogP contribution is 2.24. The Morgan fingerprint density at radius 2 is 1.76 bits per heavy atom. The molecule has 0 spiro atoms. The Balaban J connectivity index is 2.01. The Hall–Kier alpha value is -1.59. The van der Waals surface area contributed by atoms with Crippen molar-refractivity contribution in [2.24, 2.45) is 0 Å². The summed E-state index contributed by atoms with van der Waals surface area (Å²) in [4.78, 5) is 0. The van der Waals surface area contributed by atoms with E-state index in [1.54, 1.807) is 20.3 Å². The van der Waals surface area contributed by atoms with Crippen LogP contribution in [0.4, 0.5) is 4.39 Å². The number of rotatable bonds is 6. The molecule has 5 heteroatoms. The minimum absolute atomic E-state index is 0.239. The van der Waals surface area contributed by atoms with Gasteiger partial charge in [-0.25, -0.2) is 4.39 Å². The topological polar surface area (TPSA) is 30.5 Å². The third kappa shape index (κ3) is 4.19. The van der Waals surface area contributed by atoms with Crippen molar-refractivity contribution in [3.05, 3.63) is 57.8 Å². The van der Waals surface area contributed by atoms with E-state index in [9.17, 15) is 4.39 Å². The molecule has 2 rings (SSSR count). The van der Waals surface area contributed by atoms with Crippen molar-refractivity contribution in [2.75, 3.05) is 14.2 Å². The Labute approximate surface area is 132 Å². The highest BCUT2D eigenvalue weighted by Gasteiger charge is 2.06. The molecule has 0 aliphatic rings. The molecule has 0 aliphatic carbocycles. The molecule has 0 saturated heterocycles. The van der Waals surface area contributed by atoms with Gasteiger partial charge in [0.1, 0.15) is 17.3 Å². The van der Waals surface area contributed by atoms with Crippen LogP contribution in [0.5, 0.6) is 11.5 Å². The molecule has 0 aromatic heterocycles. The van der Waals surface area contributed by atoms with Crippen molar-refractivity contribution in [1.29, 1.82) is 0 Å². The molecular weight excluding hydrogens is 337 g/mol. The minimum Gasteiger partial charge on any atom is -0.497 e. The van der Waals surface area contributed by atoms with Crippen LogP contribution in [0.25, 0.3) is 0 Å². The molecule has 2 aromatic carbocycles. The predicted molar refractivity (Wildman–Crippen MR) is 84.2 cm³/mol. The maximum absolute atomic E-state index is 13.2. The zero-order chi connectivity index (χ0) is 15.2. The predicted octanol–water partition coefficient (Wildman–Crippen LogP) is 3.90. The van der Waals surface area contributed by atoms with Gasteiger partial charge in [-0.1, -0.05) is 22.0 Å². The van der Waals surface area contributed by atoms with Crippen molar-refractivity contribution in [3.8, 4) is 11.5 Å². The lowest BCUT2D eigenvalue weighted by Crippen LogP contribution is -2.14. The summed E-state index contributed by atoms with van der Waals surface area (Å²) >= 11 is 3.42. The van der Waals surface area contributed by atoms with Gasteiger partial charge in [-0.3, -0.25) is 0 Å². The lowest BCUT2D eigenvalue weighted by molar-refractivity contribution is 0.390. The Bertz CT molecular complexity index is 619. The Kier molecular flexibility index (Phi) is 5.59. The van der Waals surface area contributed by atoms with Gasteiger partial charge >= 0.3 is 0 Å². The van der Waals surface area contributed by atoms with Crippen LogP contribution in [-0.4, -0.2) is 14.2 Å². The van der Waals surface area contributed by atoms with Gasteiger partial charge < -0.3 is 14.8 Å². The number of benzene rings is 2. The molecule has 0 radical (unpaired) electrons.